The second-order valence-electron chi connectivity index (χ2n) is 9.07. The summed E-state index contributed by atoms with van der Waals surface area (Å²) in [5, 5.41) is 39.4. The number of ether oxygens (including phenoxy) is 2. The zero-order valence-electron chi connectivity index (χ0n) is 21.1. The highest BCUT2D eigenvalue weighted by atomic mass is 35.5. The van der Waals surface area contributed by atoms with Gasteiger partial charge in [0.2, 0.25) is 5.88 Å². The molecule has 0 spiro atoms. The van der Waals surface area contributed by atoms with E-state index in [4.69, 9.17) is 31.3 Å². The summed E-state index contributed by atoms with van der Waals surface area (Å²) in [5.41, 5.74) is 4.60. The van der Waals surface area contributed by atoms with E-state index >= 15 is 0 Å². The molecule has 5 rings (SSSR count). The number of nitrogen functional groups attached to an aromatic ring is 1. The number of hydrogen-bond acceptors (Lipinski definition) is 12. The highest BCUT2D eigenvalue weighted by molar-refractivity contribution is 6.18. The summed E-state index contributed by atoms with van der Waals surface area (Å²) < 4.78 is 17.6. The zero-order valence-corrected chi connectivity index (χ0v) is 21.9. The largest absolute Gasteiger partial charge is 0.470 e. The Kier molecular flexibility index (Phi) is 7.53. The number of aromatic nitrogens is 5. The molecular formula is C24H25ClN8O7. The van der Waals surface area contributed by atoms with Gasteiger partial charge < -0.3 is 35.3 Å². The number of anilines is 3. The van der Waals surface area contributed by atoms with Crippen LogP contribution in [0.4, 0.5) is 17.3 Å². The number of carbonyl (C=O) groups excluding carboxylic acids is 2. The molecule has 5 N–H and O–H groups in total. The fraction of sp³-hybridized carbons (Fsp3) is 0.333. The SMILES string of the molecule is CC(O)(C(=O)Nc1ccc2c(N)noc2c1)[C@H]1OCCN(c2ccn(-c3cnnc(OC(CO)CCl)c3)n2)C1=O. The summed E-state index contributed by atoms with van der Waals surface area (Å²) in [6.07, 6.45) is 0.860. The minimum atomic E-state index is -2.24. The van der Waals surface area contributed by atoms with E-state index in [9.17, 15) is 19.8 Å². The standard InChI is InChI=1S/C24H25ClN8O7/c1-24(37,23(36)28-13-2-3-16-17(8-13)40-31-21(16)26)20-22(35)32(6-7-38-20)18-4-5-33(30-18)14-9-19(29-27-11-14)39-15(10-25)12-34/h2-5,8-9,11,15,20,34,37H,6-7,10,12H2,1H3,(H2,26,31)(H,28,36)/t15?,20-,24?/m0/s1. The van der Waals surface area contributed by atoms with Gasteiger partial charge in [-0.25, -0.2) is 4.68 Å². The fourth-order valence-corrected chi connectivity index (χ4v) is 4.20. The number of benzene rings is 1. The second kappa shape index (κ2) is 11.1. The molecule has 1 fully saturated rings. The van der Waals surface area contributed by atoms with Crippen LogP contribution in [0.25, 0.3) is 16.7 Å². The van der Waals surface area contributed by atoms with E-state index in [1.807, 2.05) is 0 Å². The summed E-state index contributed by atoms with van der Waals surface area (Å²) in [5.74, 6) is -0.860. The minimum Gasteiger partial charge on any atom is -0.470 e. The molecule has 4 heterocycles. The molecule has 0 bridgehead atoms. The molecule has 3 atom stereocenters. The van der Waals surface area contributed by atoms with Gasteiger partial charge in [-0.3, -0.25) is 14.5 Å². The molecule has 0 radical (unpaired) electrons. The van der Waals surface area contributed by atoms with Crippen molar-refractivity contribution >= 4 is 51.7 Å². The van der Waals surface area contributed by atoms with Crippen LogP contribution in [0.5, 0.6) is 5.88 Å². The number of nitrogens with zero attached hydrogens (tertiary/aromatic N) is 6. The van der Waals surface area contributed by atoms with Crippen LogP contribution in [-0.4, -0.2) is 90.6 Å². The Labute approximate surface area is 231 Å². The number of aliphatic hydroxyl groups excluding tert-OH is 1. The molecule has 15 nitrogen and oxygen atoms in total. The predicted molar refractivity (Wildman–Crippen MR) is 141 cm³/mol. The van der Waals surface area contributed by atoms with Crippen molar-refractivity contribution in [2.75, 3.05) is 41.6 Å². The molecular weight excluding hydrogens is 548 g/mol. The van der Waals surface area contributed by atoms with Crippen LogP contribution in [0.1, 0.15) is 6.92 Å². The van der Waals surface area contributed by atoms with Gasteiger partial charge in [0.25, 0.3) is 11.8 Å². The van der Waals surface area contributed by atoms with Gasteiger partial charge in [-0.1, -0.05) is 5.16 Å². The normalized spacial score (nSPS) is 17.9. The molecule has 1 saturated heterocycles. The van der Waals surface area contributed by atoms with E-state index in [0.29, 0.717) is 22.3 Å². The number of rotatable bonds is 9. The van der Waals surface area contributed by atoms with Gasteiger partial charge in [0.15, 0.2) is 28.9 Å². The number of morpholine rings is 1. The molecule has 2 amide bonds. The highest BCUT2D eigenvalue weighted by Gasteiger charge is 2.49. The number of hydrogen-bond donors (Lipinski definition) is 4. The number of carbonyl (C=O) groups is 2. The van der Waals surface area contributed by atoms with Gasteiger partial charge in [0.1, 0.15) is 6.10 Å². The van der Waals surface area contributed by atoms with Crippen molar-refractivity contribution < 1.29 is 33.8 Å². The van der Waals surface area contributed by atoms with Gasteiger partial charge in [-0.05, 0) is 19.1 Å². The lowest BCUT2D eigenvalue weighted by Gasteiger charge is -2.37. The molecule has 1 aromatic carbocycles. The van der Waals surface area contributed by atoms with E-state index in [-0.39, 0.29) is 43.2 Å². The van der Waals surface area contributed by atoms with Crippen molar-refractivity contribution in [3.63, 3.8) is 0 Å². The lowest BCUT2D eigenvalue weighted by atomic mass is 9.95. The third-order valence-corrected chi connectivity index (χ3v) is 6.56. The summed E-state index contributed by atoms with van der Waals surface area (Å²) in [4.78, 5) is 27.8. The predicted octanol–water partition coefficient (Wildman–Crippen LogP) is 0.486. The van der Waals surface area contributed by atoms with Crippen LogP contribution in [0, 0.1) is 0 Å². The molecule has 2 unspecified atom stereocenters. The smallest absolute Gasteiger partial charge is 0.260 e. The van der Waals surface area contributed by atoms with Gasteiger partial charge in [0, 0.05) is 30.1 Å². The van der Waals surface area contributed by atoms with Crippen LogP contribution in [0.3, 0.4) is 0 Å². The number of fused-ring (bicyclic) bond motifs is 1. The molecule has 16 heteroatoms. The Morgan fingerprint density at radius 1 is 1.38 bits per heavy atom. The first kappa shape index (κ1) is 27.3. The molecule has 4 aromatic rings. The van der Waals surface area contributed by atoms with Gasteiger partial charge in [-0.15, -0.1) is 21.8 Å². The van der Waals surface area contributed by atoms with Crippen molar-refractivity contribution in [1.29, 1.82) is 0 Å². The number of halogens is 1. The lowest BCUT2D eigenvalue weighted by Crippen LogP contribution is -2.61. The Hall–Kier alpha value is -4.31. The molecule has 210 valence electrons. The van der Waals surface area contributed by atoms with Crippen molar-refractivity contribution in [3.8, 4) is 11.6 Å². The first-order chi connectivity index (χ1) is 19.2. The zero-order chi connectivity index (χ0) is 28.4. The Bertz CT molecular complexity index is 1540. The number of nitrogens with one attached hydrogen (secondary N) is 1. The minimum absolute atomic E-state index is 0.0474. The van der Waals surface area contributed by atoms with E-state index < -0.39 is 29.6 Å². The number of aliphatic hydroxyl groups is 2. The monoisotopic (exact) mass is 572 g/mol. The average Bonchev–Trinajstić information content (AvgIpc) is 3.59. The van der Waals surface area contributed by atoms with Crippen LogP contribution >= 0.6 is 11.6 Å². The first-order valence-electron chi connectivity index (χ1n) is 12.0. The van der Waals surface area contributed by atoms with E-state index in [2.05, 4.69) is 25.8 Å². The summed E-state index contributed by atoms with van der Waals surface area (Å²) in [6, 6.07) is 7.81. The summed E-state index contributed by atoms with van der Waals surface area (Å²) in [6.45, 7) is 1.09. The van der Waals surface area contributed by atoms with Crippen LogP contribution in [0.15, 0.2) is 47.2 Å². The van der Waals surface area contributed by atoms with Gasteiger partial charge in [-0.2, -0.15) is 5.10 Å². The second-order valence-corrected chi connectivity index (χ2v) is 9.38. The van der Waals surface area contributed by atoms with E-state index in [1.54, 1.807) is 30.5 Å². The number of nitrogens with two attached hydrogens (primary N) is 1. The summed E-state index contributed by atoms with van der Waals surface area (Å²) >= 11 is 5.75. The Balaban J connectivity index is 1.31. The lowest BCUT2D eigenvalue weighted by molar-refractivity contribution is -0.165. The van der Waals surface area contributed by atoms with Crippen molar-refractivity contribution in [1.82, 2.24) is 25.1 Å². The molecule has 0 saturated carbocycles. The average molecular weight is 573 g/mol. The van der Waals surface area contributed by atoms with Crippen LogP contribution in [-0.2, 0) is 14.3 Å². The van der Waals surface area contributed by atoms with E-state index in [0.717, 1.165) is 0 Å². The van der Waals surface area contributed by atoms with Crippen LogP contribution < -0.4 is 20.7 Å². The van der Waals surface area contributed by atoms with Crippen molar-refractivity contribution in [2.45, 2.75) is 24.7 Å². The molecule has 0 aliphatic carbocycles. The maximum absolute atomic E-state index is 13.4. The third kappa shape index (κ3) is 5.27. The first-order valence-corrected chi connectivity index (χ1v) is 12.6. The molecule has 40 heavy (non-hydrogen) atoms. The summed E-state index contributed by atoms with van der Waals surface area (Å²) in [7, 11) is 0. The molecule has 3 aromatic heterocycles. The topological polar surface area (TPSA) is 204 Å². The quantitative estimate of drug-likeness (QED) is 0.202. The van der Waals surface area contributed by atoms with Crippen molar-refractivity contribution in [3.05, 3.63) is 42.7 Å². The fourth-order valence-electron chi connectivity index (χ4n) is 4.04. The highest BCUT2D eigenvalue weighted by Crippen LogP contribution is 2.27. The maximum Gasteiger partial charge on any atom is 0.260 e. The molecule has 1 aliphatic heterocycles. The van der Waals surface area contributed by atoms with Gasteiger partial charge in [0.05, 0.1) is 42.9 Å². The van der Waals surface area contributed by atoms with Gasteiger partial charge >= 0.3 is 0 Å². The number of amides is 2. The van der Waals surface area contributed by atoms with Crippen molar-refractivity contribution in [2.24, 2.45) is 0 Å². The van der Waals surface area contributed by atoms with E-state index in [1.165, 1.54) is 28.8 Å². The Morgan fingerprint density at radius 3 is 2.98 bits per heavy atom. The Morgan fingerprint density at radius 2 is 2.20 bits per heavy atom. The third-order valence-electron chi connectivity index (χ3n) is 6.21. The number of alkyl halides is 1. The maximum atomic E-state index is 13.4. The molecule has 1 aliphatic rings. The van der Waals surface area contributed by atoms with Crippen LogP contribution in [0.2, 0.25) is 0 Å².